The largest absolute Gasteiger partial charge is 0.466 e. The first-order valence-corrected chi connectivity index (χ1v) is 8.83. The van der Waals surface area contributed by atoms with E-state index in [1.807, 2.05) is 6.92 Å². The monoisotopic (exact) mass is 285 g/mol. The van der Waals surface area contributed by atoms with E-state index in [1.54, 1.807) is 0 Å². The van der Waals surface area contributed by atoms with Crippen LogP contribution in [0.2, 0.25) is 15.6 Å². The zero-order valence-corrected chi connectivity index (χ0v) is 14.0. The van der Waals surface area contributed by atoms with Crippen molar-refractivity contribution in [3.8, 4) is 0 Å². The number of carbonyl (C=O) groups excluding carboxylic acids is 1. The molecule has 0 saturated carbocycles. The van der Waals surface area contributed by atoms with Crippen LogP contribution in [0.1, 0.15) is 48.0 Å². The second-order valence-electron chi connectivity index (χ2n) is 6.61. The van der Waals surface area contributed by atoms with Crippen LogP contribution in [0.3, 0.4) is 0 Å². The number of ether oxygens (including phenoxy) is 1. The van der Waals surface area contributed by atoms with Crippen LogP contribution in [0.5, 0.6) is 0 Å². The summed E-state index contributed by atoms with van der Waals surface area (Å²) in [5, 5.41) is 2.60. The number of esters is 1. The summed E-state index contributed by atoms with van der Waals surface area (Å²) in [6.45, 7) is 13.1. The number of rotatable bonds is 3. The fourth-order valence-corrected chi connectivity index (χ4v) is 10.4. The van der Waals surface area contributed by atoms with Crippen molar-refractivity contribution in [1.82, 2.24) is 0 Å². The first kappa shape index (κ1) is 15.5. The molecule has 1 aliphatic heterocycles. The summed E-state index contributed by atoms with van der Waals surface area (Å²) in [6.07, 6.45) is 0.843. The molecule has 0 aliphatic carbocycles. The number of hydrogen-bond acceptors (Lipinski definition) is 4. The van der Waals surface area contributed by atoms with Gasteiger partial charge in [0.25, 0.3) is 0 Å². The molecule has 1 saturated heterocycles. The van der Waals surface area contributed by atoms with Crippen molar-refractivity contribution >= 4 is 31.6 Å². The van der Waals surface area contributed by atoms with E-state index >= 15 is 0 Å². The molecule has 0 aromatic rings. The average molecular weight is 285 g/mol. The third kappa shape index (κ3) is 2.08. The molecule has 5 heteroatoms. The van der Waals surface area contributed by atoms with Gasteiger partial charge in [0.15, 0.2) is 0 Å². The molecule has 1 fully saturated rings. The minimum Gasteiger partial charge on any atom is -0.466 e. The average Bonchev–Trinajstić information content (AvgIpc) is 2.21. The minimum atomic E-state index is -2.27. The fraction of sp³-hybridized carbons (Fsp3) is 0.846. The number of thiocarbonyl (C=S) groups is 1. The van der Waals surface area contributed by atoms with Crippen LogP contribution in [-0.2, 0) is 9.53 Å². The lowest BCUT2D eigenvalue weighted by Gasteiger charge is -2.61. The van der Waals surface area contributed by atoms with Gasteiger partial charge in [-0.05, 0) is 35.6 Å². The molecular formula is C13H23NO2SSi. The molecule has 1 heterocycles. The Morgan fingerprint density at radius 1 is 1.56 bits per heavy atom. The molecule has 0 amide bonds. The predicted octanol–water partition coefficient (Wildman–Crippen LogP) is 3.95. The van der Waals surface area contributed by atoms with Gasteiger partial charge in [0.05, 0.1) is 12.1 Å². The molecule has 0 radical (unpaired) electrons. The summed E-state index contributed by atoms with van der Waals surface area (Å²) in [7, 11) is -2.27. The van der Waals surface area contributed by atoms with Gasteiger partial charge >= 0.3 is 5.97 Å². The minimum absolute atomic E-state index is 0.0298. The Bertz CT molecular complexity index is 384. The highest BCUT2D eigenvalue weighted by molar-refractivity contribution is 7.78. The van der Waals surface area contributed by atoms with Crippen molar-refractivity contribution in [3.63, 3.8) is 0 Å². The van der Waals surface area contributed by atoms with Crippen LogP contribution in [0.25, 0.3) is 0 Å². The molecule has 102 valence electrons. The van der Waals surface area contributed by atoms with E-state index in [1.165, 1.54) is 0 Å². The smallest absolute Gasteiger partial charge is 0.308 e. The number of isothiocyanates is 1. The third-order valence-corrected chi connectivity index (χ3v) is 10.9. The van der Waals surface area contributed by atoms with E-state index in [9.17, 15) is 4.79 Å². The van der Waals surface area contributed by atoms with Gasteiger partial charge < -0.3 is 4.74 Å². The summed E-state index contributed by atoms with van der Waals surface area (Å²) in [4.78, 5) is 12.1. The van der Waals surface area contributed by atoms with Crippen LogP contribution < -0.4 is 0 Å². The standard InChI is InChI=1S/C13H23NO2SSi/c1-7-16-11(15)10-8-13(5,6)18(10,14-9-17)12(2,3)4/h10H,7-8H2,1-6H3/t10-,18-/m1/s1. The Hall–Kier alpha value is -0.513. The maximum Gasteiger partial charge on any atom is 0.308 e. The van der Waals surface area contributed by atoms with Crippen LogP contribution in [0.15, 0.2) is 4.66 Å². The van der Waals surface area contributed by atoms with E-state index in [0.29, 0.717) is 6.61 Å². The van der Waals surface area contributed by atoms with E-state index in [0.717, 1.165) is 6.42 Å². The summed E-state index contributed by atoms with van der Waals surface area (Å²) < 4.78 is 9.78. The SMILES string of the molecule is CCOC(=O)[C@H]1CC(C)(C)[Si@]1(N=C=S)C(C)(C)C. The Labute approximate surface area is 116 Å². The first-order valence-electron chi connectivity index (χ1n) is 6.39. The molecule has 0 aromatic heterocycles. The lowest BCUT2D eigenvalue weighted by Crippen LogP contribution is -2.65. The van der Waals surface area contributed by atoms with Crippen LogP contribution in [-0.4, -0.2) is 26.0 Å². The van der Waals surface area contributed by atoms with Crippen LogP contribution in [0, 0.1) is 0 Å². The third-order valence-electron chi connectivity index (χ3n) is 4.19. The van der Waals surface area contributed by atoms with E-state index in [2.05, 4.69) is 44.4 Å². The van der Waals surface area contributed by atoms with Gasteiger partial charge in [-0.3, -0.25) is 9.45 Å². The van der Waals surface area contributed by atoms with Crippen molar-refractivity contribution in [3.05, 3.63) is 0 Å². The Kier molecular flexibility index (Phi) is 4.21. The fourth-order valence-electron chi connectivity index (χ4n) is 3.66. The maximum absolute atomic E-state index is 12.1. The molecule has 1 rings (SSSR count). The van der Waals surface area contributed by atoms with Gasteiger partial charge in [-0.2, -0.15) is 0 Å². The quantitative estimate of drug-likeness (QED) is 0.341. The molecule has 0 spiro atoms. The molecule has 0 aromatic carbocycles. The lowest BCUT2D eigenvalue weighted by atomic mass is 10.0. The zero-order valence-electron chi connectivity index (χ0n) is 12.2. The molecule has 0 bridgehead atoms. The van der Waals surface area contributed by atoms with Crippen molar-refractivity contribution in [2.24, 2.45) is 4.66 Å². The van der Waals surface area contributed by atoms with Crippen molar-refractivity contribution < 1.29 is 9.53 Å². The highest BCUT2D eigenvalue weighted by Gasteiger charge is 2.71. The normalized spacial score (nSPS) is 30.0. The van der Waals surface area contributed by atoms with Crippen molar-refractivity contribution in [2.45, 2.75) is 63.6 Å². The van der Waals surface area contributed by atoms with Crippen LogP contribution in [0.4, 0.5) is 0 Å². The molecule has 0 unspecified atom stereocenters. The number of hydrogen-bond donors (Lipinski definition) is 0. The van der Waals surface area contributed by atoms with Gasteiger partial charge in [0.1, 0.15) is 0 Å². The topological polar surface area (TPSA) is 38.7 Å². The molecule has 2 atom stereocenters. The Morgan fingerprint density at radius 2 is 2.11 bits per heavy atom. The van der Waals surface area contributed by atoms with E-state index in [-0.39, 0.29) is 21.6 Å². The summed E-state index contributed by atoms with van der Waals surface area (Å²) in [6, 6.07) is 0. The van der Waals surface area contributed by atoms with Gasteiger partial charge in [-0.15, -0.1) is 0 Å². The maximum atomic E-state index is 12.1. The van der Waals surface area contributed by atoms with Gasteiger partial charge in [-0.25, -0.2) is 0 Å². The summed E-state index contributed by atoms with van der Waals surface area (Å²) >= 11 is 4.84. The molecule has 1 aliphatic rings. The van der Waals surface area contributed by atoms with E-state index < -0.39 is 8.24 Å². The highest BCUT2D eigenvalue weighted by atomic mass is 32.1. The lowest BCUT2D eigenvalue weighted by molar-refractivity contribution is -0.144. The molecule has 3 nitrogen and oxygen atoms in total. The molecule has 18 heavy (non-hydrogen) atoms. The number of nitrogens with zero attached hydrogens (tertiary/aromatic N) is 1. The van der Waals surface area contributed by atoms with Gasteiger partial charge in [0.2, 0.25) is 8.24 Å². The summed E-state index contributed by atoms with van der Waals surface area (Å²) in [5.41, 5.74) is -0.0806. The van der Waals surface area contributed by atoms with Crippen LogP contribution >= 0.6 is 12.2 Å². The van der Waals surface area contributed by atoms with Crippen molar-refractivity contribution in [2.75, 3.05) is 6.61 Å². The highest BCUT2D eigenvalue weighted by Crippen LogP contribution is 2.70. The predicted molar refractivity (Wildman–Crippen MR) is 79.5 cm³/mol. The second kappa shape index (κ2) is 4.87. The summed E-state index contributed by atoms with van der Waals surface area (Å²) in [5.74, 6) is -0.104. The number of carbonyl (C=O) groups is 1. The van der Waals surface area contributed by atoms with Crippen molar-refractivity contribution in [1.29, 1.82) is 0 Å². The Balaban J connectivity index is 3.25. The zero-order chi connectivity index (χ0) is 14.2. The first-order chi connectivity index (χ1) is 8.14. The second-order valence-corrected chi connectivity index (χ2v) is 12.1. The van der Waals surface area contributed by atoms with Gasteiger partial charge in [-0.1, -0.05) is 34.6 Å². The Morgan fingerprint density at radius 3 is 2.44 bits per heavy atom. The van der Waals surface area contributed by atoms with E-state index in [4.69, 9.17) is 17.0 Å². The van der Waals surface area contributed by atoms with Gasteiger partial charge in [0, 0.05) is 5.16 Å². The molecular weight excluding hydrogens is 262 g/mol. The molecule has 0 N–H and O–H groups in total.